The molecular weight excluding hydrogens is 414 g/mol. The first kappa shape index (κ1) is 22.7. The van der Waals surface area contributed by atoms with Gasteiger partial charge in [-0.15, -0.1) is 11.8 Å². The second-order valence-electron chi connectivity index (χ2n) is 6.91. The van der Waals surface area contributed by atoms with Crippen LogP contribution in [0.25, 0.3) is 0 Å². The van der Waals surface area contributed by atoms with Crippen LogP contribution >= 0.6 is 11.8 Å². The largest absolute Gasteiger partial charge is 0.492 e. The molecule has 1 aliphatic rings. The number of nitrogens with one attached hydrogen (secondary N) is 1. The van der Waals surface area contributed by atoms with Crippen molar-refractivity contribution in [1.29, 1.82) is 0 Å². The van der Waals surface area contributed by atoms with Crippen LogP contribution in [0.4, 0.5) is 11.4 Å². The maximum Gasteiger partial charge on any atom is 0.253 e. The van der Waals surface area contributed by atoms with Crippen LogP contribution in [0, 0.1) is 0 Å². The van der Waals surface area contributed by atoms with Crippen molar-refractivity contribution < 1.29 is 19.1 Å². The Balaban J connectivity index is 1.83. The second kappa shape index (κ2) is 10.3. The lowest BCUT2D eigenvalue weighted by Gasteiger charge is -2.29. The number of hydrogen-bond donors (Lipinski definition) is 1. The summed E-state index contributed by atoms with van der Waals surface area (Å²) >= 11 is 1.41. The Hall–Kier alpha value is -3.00. The molecule has 0 saturated heterocycles. The van der Waals surface area contributed by atoms with E-state index in [4.69, 9.17) is 4.74 Å². The number of fused-ring (bicyclic) bond motifs is 1. The molecule has 0 spiro atoms. The highest BCUT2D eigenvalue weighted by atomic mass is 32.2. The minimum Gasteiger partial charge on any atom is -0.492 e. The highest BCUT2D eigenvalue weighted by Crippen LogP contribution is 2.36. The molecule has 0 unspecified atom stereocenters. The van der Waals surface area contributed by atoms with Gasteiger partial charge in [0.2, 0.25) is 11.8 Å². The first-order chi connectivity index (χ1) is 15.0. The molecule has 2 aromatic rings. The third-order valence-electron chi connectivity index (χ3n) is 4.96. The van der Waals surface area contributed by atoms with Crippen LogP contribution < -0.4 is 15.0 Å². The van der Waals surface area contributed by atoms with Gasteiger partial charge < -0.3 is 19.9 Å². The Morgan fingerprint density at radius 1 is 1.13 bits per heavy atom. The third kappa shape index (κ3) is 5.19. The van der Waals surface area contributed by atoms with Gasteiger partial charge in [0.1, 0.15) is 12.3 Å². The molecule has 7 nitrogen and oxygen atoms in total. The van der Waals surface area contributed by atoms with Gasteiger partial charge in [0.05, 0.1) is 23.7 Å². The monoisotopic (exact) mass is 441 g/mol. The standard InChI is InChI=1S/C23H27N3O4S/c1-4-25(5-2)23(29)16-11-12-20-18(13-16)26(22(28)15-31-20)14-21(27)24-17-9-7-8-10-19(17)30-6-3/h7-13H,4-6,14-15H2,1-3H3,(H,24,27). The molecule has 164 valence electrons. The van der Waals surface area contributed by atoms with Gasteiger partial charge in [0, 0.05) is 23.5 Å². The average molecular weight is 442 g/mol. The highest BCUT2D eigenvalue weighted by Gasteiger charge is 2.28. The summed E-state index contributed by atoms with van der Waals surface area (Å²) in [4.78, 5) is 42.2. The molecule has 0 aliphatic carbocycles. The van der Waals surface area contributed by atoms with Gasteiger partial charge in [0.25, 0.3) is 5.91 Å². The van der Waals surface area contributed by atoms with E-state index < -0.39 is 0 Å². The molecule has 0 fully saturated rings. The predicted molar refractivity (Wildman–Crippen MR) is 123 cm³/mol. The van der Waals surface area contributed by atoms with E-state index in [0.717, 1.165) is 4.90 Å². The fourth-order valence-corrected chi connectivity index (χ4v) is 4.30. The van der Waals surface area contributed by atoms with Gasteiger partial charge in [-0.05, 0) is 51.1 Å². The Morgan fingerprint density at radius 2 is 1.87 bits per heavy atom. The van der Waals surface area contributed by atoms with E-state index in [1.807, 2.05) is 32.9 Å². The minimum atomic E-state index is -0.334. The van der Waals surface area contributed by atoms with E-state index >= 15 is 0 Å². The lowest BCUT2D eigenvalue weighted by atomic mass is 10.1. The molecule has 0 saturated carbocycles. The summed E-state index contributed by atoms with van der Waals surface area (Å²) < 4.78 is 5.55. The summed E-state index contributed by atoms with van der Waals surface area (Å²) in [6.45, 7) is 7.26. The molecule has 8 heteroatoms. The number of benzene rings is 2. The van der Waals surface area contributed by atoms with Crippen molar-refractivity contribution in [3.8, 4) is 5.75 Å². The number of rotatable bonds is 8. The number of nitrogens with zero attached hydrogens (tertiary/aromatic N) is 2. The average Bonchev–Trinajstić information content (AvgIpc) is 2.77. The number of ether oxygens (including phenoxy) is 1. The van der Waals surface area contributed by atoms with E-state index in [9.17, 15) is 14.4 Å². The summed E-state index contributed by atoms with van der Waals surface area (Å²) in [6.07, 6.45) is 0. The quantitative estimate of drug-likeness (QED) is 0.677. The van der Waals surface area contributed by atoms with Gasteiger partial charge in [-0.3, -0.25) is 14.4 Å². The van der Waals surface area contributed by atoms with E-state index in [-0.39, 0.29) is 30.0 Å². The molecule has 1 aliphatic heterocycles. The lowest BCUT2D eigenvalue weighted by molar-refractivity contribution is -0.120. The zero-order chi connectivity index (χ0) is 22.4. The molecule has 3 amide bonds. The van der Waals surface area contributed by atoms with Crippen molar-refractivity contribution in [2.75, 3.05) is 42.2 Å². The summed E-state index contributed by atoms with van der Waals surface area (Å²) in [5, 5.41) is 2.83. The maximum absolute atomic E-state index is 12.8. The number of thioether (sulfide) groups is 1. The van der Waals surface area contributed by atoms with Crippen molar-refractivity contribution in [2.24, 2.45) is 0 Å². The third-order valence-corrected chi connectivity index (χ3v) is 6.01. The number of hydrogen-bond acceptors (Lipinski definition) is 5. The van der Waals surface area contributed by atoms with Crippen molar-refractivity contribution in [1.82, 2.24) is 4.90 Å². The van der Waals surface area contributed by atoms with Gasteiger partial charge in [0.15, 0.2) is 0 Å². The van der Waals surface area contributed by atoms with Crippen molar-refractivity contribution >= 4 is 40.9 Å². The summed E-state index contributed by atoms with van der Waals surface area (Å²) in [7, 11) is 0. The smallest absolute Gasteiger partial charge is 0.253 e. The summed E-state index contributed by atoms with van der Waals surface area (Å²) in [6, 6.07) is 12.5. The molecule has 1 N–H and O–H groups in total. The molecule has 0 bridgehead atoms. The molecule has 0 atom stereocenters. The first-order valence-electron chi connectivity index (χ1n) is 10.4. The van der Waals surface area contributed by atoms with Crippen LogP contribution in [0.2, 0.25) is 0 Å². The Bertz CT molecular complexity index is 975. The fourth-order valence-electron chi connectivity index (χ4n) is 3.39. The van der Waals surface area contributed by atoms with Crippen molar-refractivity contribution in [2.45, 2.75) is 25.7 Å². The van der Waals surface area contributed by atoms with Crippen molar-refractivity contribution in [3.05, 3.63) is 48.0 Å². The number of carbonyl (C=O) groups excluding carboxylic acids is 3. The Kier molecular flexibility index (Phi) is 7.57. The zero-order valence-electron chi connectivity index (χ0n) is 18.0. The highest BCUT2D eigenvalue weighted by molar-refractivity contribution is 8.00. The molecule has 3 rings (SSSR count). The van der Waals surface area contributed by atoms with E-state index in [2.05, 4.69) is 5.32 Å². The maximum atomic E-state index is 12.8. The Labute approximate surface area is 186 Å². The van der Waals surface area contributed by atoms with E-state index in [1.54, 1.807) is 35.2 Å². The number of carbonyl (C=O) groups is 3. The van der Waals surface area contributed by atoms with Crippen LogP contribution in [-0.2, 0) is 9.59 Å². The normalized spacial score (nSPS) is 12.9. The molecule has 2 aromatic carbocycles. The van der Waals surface area contributed by atoms with Crippen molar-refractivity contribution in [3.63, 3.8) is 0 Å². The van der Waals surface area contributed by atoms with Crippen LogP contribution in [0.3, 0.4) is 0 Å². The van der Waals surface area contributed by atoms with Crippen LogP contribution in [0.1, 0.15) is 31.1 Å². The number of anilines is 2. The summed E-state index contributed by atoms with van der Waals surface area (Å²) in [5.74, 6) is 0.230. The second-order valence-corrected chi connectivity index (χ2v) is 7.92. The van der Waals surface area contributed by atoms with E-state index in [1.165, 1.54) is 16.7 Å². The lowest BCUT2D eigenvalue weighted by Crippen LogP contribution is -2.41. The summed E-state index contributed by atoms with van der Waals surface area (Å²) in [5.41, 5.74) is 1.65. The fraction of sp³-hybridized carbons (Fsp3) is 0.348. The topological polar surface area (TPSA) is 79.0 Å². The first-order valence-corrected chi connectivity index (χ1v) is 11.3. The van der Waals surface area contributed by atoms with Crippen LogP contribution in [0.5, 0.6) is 5.75 Å². The Morgan fingerprint density at radius 3 is 2.58 bits per heavy atom. The van der Waals surface area contributed by atoms with Crippen LogP contribution in [-0.4, -0.2) is 54.6 Å². The number of para-hydroxylation sites is 2. The van der Waals surface area contributed by atoms with Gasteiger partial charge in [-0.1, -0.05) is 12.1 Å². The minimum absolute atomic E-state index is 0.0918. The molecule has 0 aromatic heterocycles. The molecule has 0 radical (unpaired) electrons. The molecule has 1 heterocycles. The predicted octanol–water partition coefficient (Wildman–Crippen LogP) is 3.64. The molecular formula is C23H27N3O4S. The SMILES string of the molecule is CCOc1ccccc1NC(=O)CN1C(=O)CSc2ccc(C(=O)N(CC)CC)cc21. The van der Waals surface area contributed by atoms with Gasteiger partial charge >= 0.3 is 0 Å². The van der Waals surface area contributed by atoms with Gasteiger partial charge in [-0.2, -0.15) is 0 Å². The number of amides is 3. The van der Waals surface area contributed by atoms with Crippen LogP contribution in [0.15, 0.2) is 47.4 Å². The van der Waals surface area contributed by atoms with E-state index in [0.29, 0.717) is 42.4 Å². The van der Waals surface area contributed by atoms with Gasteiger partial charge in [-0.25, -0.2) is 0 Å². The zero-order valence-corrected chi connectivity index (χ0v) is 18.8. The molecule has 31 heavy (non-hydrogen) atoms.